The zero-order valence-electron chi connectivity index (χ0n) is 59.4. The molecule has 1 nitrogen and oxygen atoms in total. The van der Waals surface area contributed by atoms with E-state index in [2.05, 4.69) is 128 Å². The van der Waals surface area contributed by atoms with Crippen LogP contribution >= 0.6 is 0 Å². The van der Waals surface area contributed by atoms with Crippen molar-refractivity contribution in [1.29, 1.82) is 0 Å². The van der Waals surface area contributed by atoms with Gasteiger partial charge in [-0.3, -0.25) is 0 Å². The van der Waals surface area contributed by atoms with Gasteiger partial charge in [0.15, 0.2) is 0 Å². The van der Waals surface area contributed by atoms with Gasteiger partial charge in [-0.15, -0.1) is 0 Å². The van der Waals surface area contributed by atoms with E-state index in [9.17, 15) is 0 Å². The molecule has 15 aliphatic rings. The molecular formula is C84H140O. The normalized spacial score (nSPS) is 45.5. The van der Waals surface area contributed by atoms with E-state index >= 15 is 0 Å². The highest BCUT2D eigenvalue weighted by Gasteiger charge is 2.64. The van der Waals surface area contributed by atoms with Crippen molar-refractivity contribution in [2.45, 2.75) is 360 Å². The van der Waals surface area contributed by atoms with Crippen molar-refractivity contribution < 1.29 is 4.74 Å². The molecule has 0 aromatic heterocycles. The van der Waals surface area contributed by atoms with Gasteiger partial charge >= 0.3 is 0 Å². The number of fused-ring (bicyclic) bond motifs is 14. The van der Waals surface area contributed by atoms with E-state index in [1.165, 1.54) is 250 Å². The van der Waals surface area contributed by atoms with Crippen molar-refractivity contribution in [3.8, 4) is 0 Å². The smallest absolute Gasteiger partial charge is 0.0764 e. The molecule has 10 saturated carbocycles. The van der Waals surface area contributed by atoms with Crippen LogP contribution < -0.4 is 0 Å². The van der Waals surface area contributed by atoms with Crippen molar-refractivity contribution in [1.82, 2.24) is 0 Å². The molecule has 16 atom stereocenters. The highest BCUT2D eigenvalue weighted by molar-refractivity contribution is 5.27. The molecule has 0 amide bonds. The first-order valence-electron chi connectivity index (χ1n) is 38.6. The zero-order valence-corrected chi connectivity index (χ0v) is 59.4. The maximum Gasteiger partial charge on any atom is 0.0764 e. The molecule has 0 aromatic carbocycles. The second-order valence-electron chi connectivity index (χ2n) is 38.2. The molecule has 11 fully saturated rings. The van der Waals surface area contributed by atoms with Gasteiger partial charge in [0.05, 0.1) is 5.60 Å². The molecular weight excluding hydrogens is 1020 g/mol. The lowest BCUT2D eigenvalue weighted by molar-refractivity contribution is -0.213. The van der Waals surface area contributed by atoms with Gasteiger partial charge in [-0.1, -0.05) is 183 Å². The molecule has 1 heterocycles. The standard InChI is InChI=1S/C17H30O.3C17H28.C16H26/c1-13-7-8-14-15(2,3)9-5-10-16(14,4)17(13)11-6-12-18-17;3*1-16(2)11-6-12-17(3)14-8-5-4-7-13(14)9-10-15(16)17;1-16(2)11-5-8-14-13-7-4-3-6-12(13)9-10-15(14)16/h13-14H,5-12H2,1-4H3;8,13,15H,4-7,9-12H2,1-3H3;2*7,14-15H,4-6,8-12H2,1-3H3;7,12,14-15H,3-6,8-11H2,1-2H3/t13?,14?,16-,17?;13?,15?,17-;14?,15?,17-;;/m011../s1. The van der Waals surface area contributed by atoms with Crippen LogP contribution in [0.15, 0.2) is 46.6 Å². The van der Waals surface area contributed by atoms with Crippen molar-refractivity contribution in [3.63, 3.8) is 0 Å². The van der Waals surface area contributed by atoms with Gasteiger partial charge in [-0.2, -0.15) is 0 Å². The Morgan fingerprint density at radius 2 is 0.859 bits per heavy atom. The van der Waals surface area contributed by atoms with Crippen LogP contribution in [-0.2, 0) is 4.74 Å². The van der Waals surface area contributed by atoms with Crippen LogP contribution in [0.4, 0.5) is 0 Å². The zero-order chi connectivity index (χ0) is 60.5. The summed E-state index contributed by atoms with van der Waals surface area (Å²) in [5.74, 6) is 10.3. The maximum absolute atomic E-state index is 6.46. The predicted molar refractivity (Wildman–Crippen MR) is 366 cm³/mol. The van der Waals surface area contributed by atoms with Crippen LogP contribution in [0.1, 0.15) is 354 Å². The summed E-state index contributed by atoms with van der Waals surface area (Å²) in [4.78, 5) is 0. The predicted octanol–water partition coefficient (Wildman–Crippen LogP) is 25.8. The van der Waals surface area contributed by atoms with Crippen LogP contribution in [0.3, 0.4) is 0 Å². The van der Waals surface area contributed by atoms with Crippen molar-refractivity contribution >= 4 is 0 Å². The van der Waals surface area contributed by atoms with Gasteiger partial charge in [0.1, 0.15) is 0 Å². The lowest BCUT2D eigenvalue weighted by atomic mass is 9.44. The Kier molecular flexibility index (Phi) is 19.3. The molecule has 0 N–H and O–H groups in total. The lowest BCUT2D eigenvalue weighted by Crippen LogP contribution is -2.61. The van der Waals surface area contributed by atoms with E-state index in [0.717, 1.165) is 71.7 Å². The van der Waals surface area contributed by atoms with E-state index in [4.69, 9.17) is 4.74 Å². The largest absolute Gasteiger partial charge is 0.374 e. The third-order valence-electron chi connectivity index (χ3n) is 31.6. The minimum absolute atomic E-state index is 0.216. The van der Waals surface area contributed by atoms with Gasteiger partial charge in [0.2, 0.25) is 0 Å². The summed E-state index contributed by atoms with van der Waals surface area (Å²) in [6.07, 6.45) is 66.6. The Labute approximate surface area is 528 Å². The summed E-state index contributed by atoms with van der Waals surface area (Å²) in [5.41, 5.74) is 12.8. The molecule has 0 radical (unpaired) electrons. The molecule has 1 aliphatic heterocycles. The second-order valence-corrected chi connectivity index (χ2v) is 38.2. The topological polar surface area (TPSA) is 9.23 Å². The number of rotatable bonds is 0. The van der Waals surface area contributed by atoms with E-state index in [1.807, 2.05) is 22.3 Å². The number of ether oxygens (including phenoxy) is 1. The molecule has 0 aromatic rings. The van der Waals surface area contributed by atoms with E-state index < -0.39 is 0 Å². The molecule has 85 heavy (non-hydrogen) atoms. The summed E-state index contributed by atoms with van der Waals surface area (Å²) in [5, 5.41) is 0. The molecule has 15 rings (SSSR count). The van der Waals surface area contributed by atoms with Gasteiger partial charge in [-0.05, 0) is 327 Å². The Balaban J connectivity index is 0.000000111. The Hall–Kier alpha value is -1.08. The second kappa shape index (κ2) is 25.1. The van der Waals surface area contributed by atoms with Gasteiger partial charge in [0.25, 0.3) is 0 Å². The fourth-order valence-corrected chi connectivity index (χ4v) is 27.5. The molecule has 1 saturated heterocycles. The molecule has 14 aliphatic carbocycles. The lowest BCUT2D eigenvalue weighted by Gasteiger charge is -2.63. The summed E-state index contributed by atoms with van der Waals surface area (Å²) >= 11 is 0. The van der Waals surface area contributed by atoms with Crippen LogP contribution in [0.5, 0.6) is 0 Å². The third-order valence-corrected chi connectivity index (χ3v) is 31.6. The average molecular weight is 1170 g/mol. The summed E-state index contributed by atoms with van der Waals surface area (Å²) in [7, 11) is 0. The SMILES string of the molecule is CC1(C)CCCC2(C)C3CCCC=C3CCC12.CC1(C)CCCC2C3=CCCCC3CCC21.CC1(C)CCC[C@]2(C)C3=CCCCC3CCC12.CC1(C)CCC[C@]2(C)C3CCCC=C3CCC12.CC1CCC2C(C)(C)CCC[C@]2(C)C12CCCO2. The first kappa shape index (κ1) is 65.4. The number of allylic oxidation sites excluding steroid dienone is 8. The van der Waals surface area contributed by atoms with Crippen LogP contribution in [-0.4, -0.2) is 12.2 Å². The minimum Gasteiger partial charge on any atom is -0.374 e. The van der Waals surface area contributed by atoms with Crippen LogP contribution in [0, 0.1) is 114 Å². The number of hydrogen-bond donors (Lipinski definition) is 0. The molecule has 0 bridgehead atoms. The maximum atomic E-state index is 6.46. The third kappa shape index (κ3) is 12.2. The van der Waals surface area contributed by atoms with Crippen molar-refractivity contribution in [2.24, 2.45) is 114 Å². The summed E-state index contributed by atoms with van der Waals surface area (Å²) in [6.45, 7) is 39.1. The van der Waals surface area contributed by atoms with E-state index in [0.29, 0.717) is 48.7 Å². The highest BCUT2D eigenvalue weighted by Crippen LogP contribution is 2.68. The Bertz CT molecular complexity index is 2340. The fraction of sp³-hybridized carbons (Fsp3) is 0.905. The number of hydrogen-bond acceptors (Lipinski definition) is 1. The van der Waals surface area contributed by atoms with Gasteiger partial charge < -0.3 is 4.74 Å². The minimum atomic E-state index is 0.216. The van der Waals surface area contributed by atoms with Crippen LogP contribution in [0.2, 0.25) is 0 Å². The van der Waals surface area contributed by atoms with E-state index in [-0.39, 0.29) is 5.60 Å². The molecule has 1 spiro atoms. The Morgan fingerprint density at radius 1 is 0.365 bits per heavy atom. The molecule has 482 valence electrons. The fourth-order valence-electron chi connectivity index (χ4n) is 27.5. The van der Waals surface area contributed by atoms with Gasteiger partial charge in [-0.25, -0.2) is 0 Å². The Morgan fingerprint density at radius 3 is 1.46 bits per heavy atom. The first-order valence-corrected chi connectivity index (χ1v) is 38.6. The molecule has 1 heteroatoms. The van der Waals surface area contributed by atoms with Crippen molar-refractivity contribution in [2.75, 3.05) is 6.61 Å². The quantitative estimate of drug-likeness (QED) is 0.220. The van der Waals surface area contributed by atoms with Crippen molar-refractivity contribution in [3.05, 3.63) is 46.6 Å². The van der Waals surface area contributed by atoms with Crippen LogP contribution in [0.25, 0.3) is 0 Å². The van der Waals surface area contributed by atoms with Gasteiger partial charge in [0, 0.05) is 12.0 Å². The monoisotopic (exact) mass is 1170 g/mol. The highest BCUT2D eigenvalue weighted by atomic mass is 16.5. The average Bonchev–Trinajstić information content (AvgIpc) is 1.91. The molecule has 13 unspecified atom stereocenters. The first-order chi connectivity index (χ1) is 40.2. The summed E-state index contributed by atoms with van der Waals surface area (Å²) in [6, 6.07) is 0. The van der Waals surface area contributed by atoms with E-state index in [1.54, 1.807) is 0 Å². The summed E-state index contributed by atoms with van der Waals surface area (Å²) < 4.78 is 6.46.